The first-order chi connectivity index (χ1) is 10.6. The van der Waals surface area contributed by atoms with Crippen LogP contribution in [-0.2, 0) is 11.3 Å². The number of nitrogen functional groups attached to an aromatic ring is 1. The van der Waals surface area contributed by atoms with Crippen molar-refractivity contribution >= 4 is 5.69 Å². The highest BCUT2D eigenvalue weighted by molar-refractivity contribution is 5.45. The van der Waals surface area contributed by atoms with Gasteiger partial charge in [0.05, 0.1) is 24.2 Å². The minimum absolute atomic E-state index is 0.0177. The number of ether oxygens (including phenoxy) is 1. The summed E-state index contributed by atoms with van der Waals surface area (Å²) in [5.41, 5.74) is 6.74. The number of hydrogen-bond acceptors (Lipinski definition) is 3. The van der Waals surface area contributed by atoms with Crippen LogP contribution in [0.5, 0.6) is 0 Å². The summed E-state index contributed by atoms with van der Waals surface area (Å²) in [5, 5.41) is 3.80. The van der Waals surface area contributed by atoms with E-state index in [2.05, 4.69) is 11.0 Å². The van der Waals surface area contributed by atoms with Crippen LogP contribution in [0.15, 0.2) is 30.5 Å². The van der Waals surface area contributed by atoms with E-state index in [1.54, 1.807) is 12.1 Å². The summed E-state index contributed by atoms with van der Waals surface area (Å²) < 4.78 is 32.2. The summed E-state index contributed by atoms with van der Waals surface area (Å²) in [6.07, 6.45) is 5.38. The van der Waals surface area contributed by atoms with Crippen LogP contribution >= 0.6 is 0 Å². The number of aromatic nitrogens is 2. The molecule has 2 rings (SSSR count). The van der Waals surface area contributed by atoms with Gasteiger partial charge in [-0.3, -0.25) is 0 Å². The van der Waals surface area contributed by atoms with Gasteiger partial charge in [-0.1, -0.05) is 12.1 Å². The van der Waals surface area contributed by atoms with Gasteiger partial charge >= 0.3 is 0 Å². The van der Waals surface area contributed by atoms with Gasteiger partial charge in [0, 0.05) is 13.0 Å². The van der Waals surface area contributed by atoms with E-state index in [4.69, 9.17) is 16.9 Å². The zero-order valence-electron chi connectivity index (χ0n) is 12.0. The first kappa shape index (κ1) is 16.0. The first-order valence-corrected chi connectivity index (χ1v) is 6.85. The van der Waals surface area contributed by atoms with Gasteiger partial charge in [-0.2, -0.15) is 5.10 Å². The van der Waals surface area contributed by atoms with E-state index in [1.807, 2.05) is 12.1 Å². The second-order valence-electron chi connectivity index (χ2n) is 4.74. The second-order valence-corrected chi connectivity index (χ2v) is 4.74. The maximum absolute atomic E-state index is 12.7. The van der Waals surface area contributed by atoms with Crippen molar-refractivity contribution in [2.45, 2.75) is 25.9 Å². The molecule has 0 aliphatic rings. The van der Waals surface area contributed by atoms with Crippen LogP contribution < -0.4 is 5.73 Å². The Morgan fingerprint density at radius 1 is 1.32 bits per heavy atom. The molecule has 0 bridgehead atoms. The van der Waals surface area contributed by atoms with Gasteiger partial charge < -0.3 is 10.5 Å². The van der Waals surface area contributed by atoms with Gasteiger partial charge in [0.2, 0.25) is 0 Å². The number of anilines is 1. The number of benzene rings is 1. The standard InChI is InChI=1S/C16H17F2N3O/c1-2-3-4-9-22-11-12-5-7-13(8-6-12)21-10-14(19)15(20-21)16(17)18/h1,5-8,10,16H,3-4,9,11,19H2. The minimum atomic E-state index is -2.68. The molecule has 0 amide bonds. The van der Waals surface area contributed by atoms with Crippen molar-refractivity contribution in [3.8, 4) is 18.0 Å². The minimum Gasteiger partial charge on any atom is -0.396 e. The molecule has 0 atom stereocenters. The summed E-state index contributed by atoms with van der Waals surface area (Å²) in [5.74, 6) is 2.55. The first-order valence-electron chi connectivity index (χ1n) is 6.85. The van der Waals surface area contributed by atoms with E-state index in [9.17, 15) is 8.78 Å². The average molecular weight is 305 g/mol. The molecule has 6 heteroatoms. The van der Waals surface area contributed by atoms with Gasteiger partial charge in [-0.25, -0.2) is 13.5 Å². The fourth-order valence-electron chi connectivity index (χ4n) is 1.91. The van der Waals surface area contributed by atoms with Gasteiger partial charge in [0.15, 0.2) is 5.69 Å². The number of nitrogens with two attached hydrogens (primary N) is 1. The van der Waals surface area contributed by atoms with Crippen LogP contribution in [0.4, 0.5) is 14.5 Å². The molecule has 116 valence electrons. The maximum atomic E-state index is 12.7. The van der Waals surface area contributed by atoms with Crippen LogP contribution in [0, 0.1) is 12.3 Å². The Morgan fingerprint density at radius 2 is 2.05 bits per heavy atom. The third-order valence-corrected chi connectivity index (χ3v) is 3.06. The number of nitrogens with zero attached hydrogens (tertiary/aromatic N) is 2. The quantitative estimate of drug-likeness (QED) is 0.630. The lowest BCUT2D eigenvalue weighted by Crippen LogP contribution is -1.98. The molecule has 1 heterocycles. The molecule has 0 spiro atoms. The molecule has 4 nitrogen and oxygen atoms in total. The van der Waals surface area contributed by atoms with Gasteiger partial charge in [0.1, 0.15) is 0 Å². The SMILES string of the molecule is C#CCCCOCc1ccc(-n2cc(N)c(C(F)F)n2)cc1. The zero-order valence-corrected chi connectivity index (χ0v) is 12.0. The van der Waals surface area contributed by atoms with E-state index in [0.717, 1.165) is 12.0 Å². The third-order valence-electron chi connectivity index (χ3n) is 3.06. The fraction of sp³-hybridized carbons (Fsp3) is 0.312. The molecule has 0 aliphatic carbocycles. The van der Waals surface area contributed by atoms with E-state index < -0.39 is 12.1 Å². The molecule has 0 saturated heterocycles. The molecule has 0 aliphatic heterocycles. The van der Waals surface area contributed by atoms with Gasteiger partial charge in [-0.15, -0.1) is 12.3 Å². The monoisotopic (exact) mass is 305 g/mol. The highest BCUT2D eigenvalue weighted by Gasteiger charge is 2.16. The number of unbranched alkanes of at least 4 members (excludes halogenated alkanes) is 1. The Balaban J connectivity index is 1.97. The lowest BCUT2D eigenvalue weighted by atomic mass is 10.2. The maximum Gasteiger partial charge on any atom is 0.284 e. The number of terminal acetylenes is 1. The predicted octanol–water partition coefficient (Wildman–Crippen LogP) is 3.32. The number of hydrogen-bond donors (Lipinski definition) is 1. The third kappa shape index (κ3) is 4.06. The molecular weight excluding hydrogens is 288 g/mol. The van der Waals surface area contributed by atoms with Crippen LogP contribution in [0.25, 0.3) is 5.69 Å². The van der Waals surface area contributed by atoms with Crippen molar-refractivity contribution in [3.05, 3.63) is 41.7 Å². The summed E-state index contributed by atoms with van der Waals surface area (Å²) in [6.45, 7) is 1.09. The normalized spacial score (nSPS) is 10.8. The Kier molecular flexibility index (Phi) is 5.50. The Bertz CT molecular complexity index is 644. The molecule has 2 aromatic rings. The van der Waals surface area contributed by atoms with Crippen molar-refractivity contribution in [1.82, 2.24) is 9.78 Å². The summed E-state index contributed by atoms with van der Waals surface area (Å²) in [6, 6.07) is 7.27. The highest BCUT2D eigenvalue weighted by Crippen LogP contribution is 2.24. The average Bonchev–Trinajstić information content (AvgIpc) is 2.90. The van der Waals surface area contributed by atoms with Crippen LogP contribution in [0.2, 0.25) is 0 Å². The van der Waals surface area contributed by atoms with Crippen molar-refractivity contribution in [3.63, 3.8) is 0 Å². The van der Waals surface area contributed by atoms with Gasteiger partial charge in [-0.05, 0) is 24.1 Å². The van der Waals surface area contributed by atoms with Crippen molar-refractivity contribution in [2.75, 3.05) is 12.3 Å². The van der Waals surface area contributed by atoms with Crippen LogP contribution in [0.3, 0.4) is 0 Å². The Morgan fingerprint density at radius 3 is 2.64 bits per heavy atom. The van der Waals surface area contributed by atoms with E-state index in [-0.39, 0.29) is 5.69 Å². The summed E-state index contributed by atoms with van der Waals surface area (Å²) >= 11 is 0. The fourth-order valence-corrected chi connectivity index (χ4v) is 1.91. The number of rotatable bonds is 7. The largest absolute Gasteiger partial charge is 0.396 e. The van der Waals surface area contributed by atoms with Crippen molar-refractivity contribution < 1.29 is 13.5 Å². The van der Waals surface area contributed by atoms with Crippen LogP contribution in [0.1, 0.15) is 30.5 Å². The molecule has 2 N–H and O–H groups in total. The molecule has 1 aromatic carbocycles. The molecule has 22 heavy (non-hydrogen) atoms. The van der Waals surface area contributed by atoms with Crippen LogP contribution in [-0.4, -0.2) is 16.4 Å². The van der Waals surface area contributed by atoms with Gasteiger partial charge in [0.25, 0.3) is 6.43 Å². The lowest BCUT2D eigenvalue weighted by molar-refractivity contribution is 0.119. The summed E-state index contributed by atoms with van der Waals surface area (Å²) in [4.78, 5) is 0. The molecule has 0 saturated carbocycles. The van der Waals surface area contributed by atoms with E-state index in [1.165, 1.54) is 10.9 Å². The Hall–Kier alpha value is -2.39. The Labute approximate surface area is 127 Å². The summed E-state index contributed by atoms with van der Waals surface area (Å²) in [7, 11) is 0. The number of halogens is 2. The predicted molar refractivity (Wildman–Crippen MR) is 80.7 cm³/mol. The second kappa shape index (κ2) is 7.57. The lowest BCUT2D eigenvalue weighted by Gasteiger charge is -2.05. The number of alkyl halides is 2. The van der Waals surface area contributed by atoms with Crippen molar-refractivity contribution in [1.29, 1.82) is 0 Å². The smallest absolute Gasteiger partial charge is 0.284 e. The topological polar surface area (TPSA) is 53.1 Å². The molecule has 0 unspecified atom stereocenters. The van der Waals surface area contributed by atoms with E-state index in [0.29, 0.717) is 25.3 Å². The highest BCUT2D eigenvalue weighted by atomic mass is 19.3. The zero-order chi connectivity index (χ0) is 15.9. The molecule has 0 fully saturated rings. The van der Waals surface area contributed by atoms with E-state index >= 15 is 0 Å². The molecular formula is C16H17F2N3O. The molecule has 0 radical (unpaired) electrons. The van der Waals surface area contributed by atoms with Crippen molar-refractivity contribution in [2.24, 2.45) is 0 Å². The molecule has 1 aromatic heterocycles.